The molecule has 0 aliphatic heterocycles. The van der Waals surface area contributed by atoms with E-state index in [9.17, 15) is 9.59 Å². The first kappa shape index (κ1) is 12.1. The van der Waals surface area contributed by atoms with Gasteiger partial charge in [-0.05, 0) is 49.2 Å². The molecule has 0 fully saturated rings. The van der Waals surface area contributed by atoms with E-state index in [4.69, 9.17) is 5.11 Å². The minimum Gasteiger partial charge on any atom is -0.477 e. The summed E-state index contributed by atoms with van der Waals surface area (Å²) in [5.74, 6) is -1.21. The minimum atomic E-state index is -1.21. The van der Waals surface area contributed by atoms with Crippen LogP contribution < -0.4 is 5.56 Å². The van der Waals surface area contributed by atoms with Gasteiger partial charge in [0.05, 0.1) is 0 Å². The van der Waals surface area contributed by atoms with Crippen LogP contribution in [-0.2, 0) is 0 Å². The fourth-order valence-corrected chi connectivity index (χ4v) is 1.74. The molecule has 1 heterocycles. The number of benzene rings is 1. The molecule has 1 aromatic heterocycles. The predicted octanol–water partition coefficient (Wildman–Crippen LogP) is 2.15. The second-order valence-electron chi connectivity index (χ2n) is 4.17. The van der Waals surface area contributed by atoms with Crippen LogP contribution >= 0.6 is 0 Å². The lowest BCUT2D eigenvalue weighted by Crippen LogP contribution is -2.24. The standard InChI is InChI=1S/C14H13NO3/c1-9-5-6-11(8-10(9)2)15-7-3-4-12(13(15)16)14(17)18/h3-8H,1-2H3,(H,17,18). The van der Waals surface area contributed by atoms with Crippen molar-refractivity contribution in [2.24, 2.45) is 0 Å². The van der Waals surface area contributed by atoms with Crippen LogP contribution in [0.2, 0.25) is 0 Å². The van der Waals surface area contributed by atoms with Crippen molar-refractivity contribution in [2.75, 3.05) is 0 Å². The van der Waals surface area contributed by atoms with E-state index in [0.717, 1.165) is 11.1 Å². The molecule has 18 heavy (non-hydrogen) atoms. The van der Waals surface area contributed by atoms with Gasteiger partial charge in [0.25, 0.3) is 5.56 Å². The highest BCUT2D eigenvalue weighted by atomic mass is 16.4. The van der Waals surface area contributed by atoms with E-state index in [0.29, 0.717) is 5.69 Å². The average Bonchev–Trinajstić information content (AvgIpc) is 2.33. The maximum atomic E-state index is 12.0. The molecule has 0 radical (unpaired) electrons. The Morgan fingerprint density at radius 2 is 1.89 bits per heavy atom. The largest absolute Gasteiger partial charge is 0.477 e. The fraction of sp³-hybridized carbons (Fsp3) is 0.143. The van der Waals surface area contributed by atoms with Gasteiger partial charge in [-0.1, -0.05) is 6.07 Å². The molecule has 4 heteroatoms. The van der Waals surface area contributed by atoms with Crippen molar-refractivity contribution in [1.82, 2.24) is 4.57 Å². The number of carboxylic acid groups (broad SMARTS) is 1. The molecule has 0 unspecified atom stereocenters. The number of rotatable bonds is 2. The molecule has 0 saturated heterocycles. The molecule has 0 aliphatic rings. The third-order valence-corrected chi connectivity index (χ3v) is 2.95. The van der Waals surface area contributed by atoms with Crippen LogP contribution in [0.5, 0.6) is 0 Å². The lowest BCUT2D eigenvalue weighted by Gasteiger charge is -2.08. The monoisotopic (exact) mass is 243 g/mol. The summed E-state index contributed by atoms with van der Waals surface area (Å²) >= 11 is 0. The highest BCUT2D eigenvalue weighted by molar-refractivity contribution is 5.87. The SMILES string of the molecule is Cc1ccc(-n2cccc(C(=O)O)c2=O)cc1C. The summed E-state index contributed by atoms with van der Waals surface area (Å²) in [5.41, 5.74) is 2.11. The Labute approximate surface area is 104 Å². The van der Waals surface area contributed by atoms with E-state index in [1.165, 1.54) is 10.6 Å². The van der Waals surface area contributed by atoms with Crippen LogP contribution in [0.25, 0.3) is 5.69 Å². The number of aryl methyl sites for hydroxylation is 2. The Morgan fingerprint density at radius 3 is 2.50 bits per heavy atom. The zero-order valence-corrected chi connectivity index (χ0v) is 10.2. The molecular weight excluding hydrogens is 230 g/mol. The van der Waals surface area contributed by atoms with Crippen LogP contribution in [0.1, 0.15) is 21.5 Å². The van der Waals surface area contributed by atoms with Gasteiger partial charge in [0, 0.05) is 11.9 Å². The maximum absolute atomic E-state index is 12.0. The van der Waals surface area contributed by atoms with Gasteiger partial charge in [-0.2, -0.15) is 0 Å². The number of aromatic carboxylic acids is 1. The Bertz CT molecular complexity index is 671. The quantitative estimate of drug-likeness (QED) is 0.879. The van der Waals surface area contributed by atoms with Gasteiger partial charge < -0.3 is 5.11 Å². The summed E-state index contributed by atoms with van der Waals surface area (Å²) in [7, 11) is 0. The molecule has 0 atom stereocenters. The van der Waals surface area contributed by atoms with Crippen molar-refractivity contribution in [1.29, 1.82) is 0 Å². The molecule has 0 aliphatic carbocycles. The first-order valence-corrected chi connectivity index (χ1v) is 5.53. The van der Waals surface area contributed by atoms with Gasteiger partial charge in [0.1, 0.15) is 5.56 Å². The second-order valence-corrected chi connectivity index (χ2v) is 4.17. The molecule has 0 amide bonds. The number of pyridine rings is 1. The molecule has 1 aromatic carbocycles. The summed E-state index contributed by atoms with van der Waals surface area (Å²) in [5, 5.41) is 8.92. The molecular formula is C14H13NO3. The molecule has 0 spiro atoms. The van der Waals surface area contributed by atoms with Gasteiger partial charge in [0.15, 0.2) is 0 Å². The van der Waals surface area contributed by atoms with Crippen molar-refractivity contribution >= 4 is 5.97 Å². The van der Waals surface area contributed by atoms with Crippen molar-refractivity contribution in [3.8, 4) is 5.69 Å². The average molecular weight is 243 g/mol. The smallest absolute Gasteiger partial charge is 0.341 e. The van der Waals surface area contributed by atoms with E-state index >= 15 is 0 Å². The van der Waals surface area contributed by atoms with Gasteiger partial charge in [-0.15, -0.1) is 0 Å². The number of carbonyl (C=O) groups is 1. The van der Waals surface area contributed by atoms with E-state index < -0.39 is 11.5 Å². The maximum Gasteiger partial charge on any atom is 0.341 e. The van der Waals surface area contributed by atoms with Crippen molar-refractivity contribution in [2.45, 2.75) is 13.8 Å². The fourth-order valence-electron chi connectivity index (χ4n) is 1.74. The molecule has 4 nitrogen and oxygen atoms in total. The second kappa shape index (κ2) is 4.49. The number of hydrogen-bond acceptors (Lipinski definition) is 2. The zero-order valence-electron chi connectivity index (χ0n) is 10.2. The van der Waals surface area contributed by atoms with Gasteiger partial charge in [-0.25, -0.2) is 4.79 Å². The van der Waals surface area contributed by atoms with E-state index in [1.807, 2.05) is 26.0 Å². The number of carboxylic acids is 1. The van der Waals surface area contributed by atoms with Crippen LogP contribution in [0.15, 0.2) is 41.3 Å². The molecule has 0 saturated carbocycles. The molecule has 1 N–H and O–H groups in total. The topological polar surface area (TPSA) is 59.3 Å². The van der Waals surface area contributed by atoms with Crippen LogP contribution in [-0.4, -0.2) is 15.6 Å². The van der Waals surface area contributed by atoms with E-state index in [1.54, 1.807) is 18.3 Å². The van der Waals surface area contributed by atoms with E-state index in [-0.39, 0.29) is 5.56 Å². The first-order valence-electron chi connectivity index (χ1n) is 5.53. The summed E-state index contributed by atoms with van der Waals surface area (Å²) < 4.78 is 1.34. The Hall–Kier alpha value is -2.36. The van der Waals surface area contributed by atoms with Gasteiger partial charge in [-0.3, -0.25) is 9.36 Å². The highest BCUT2D eigenvalue weighted by Gasteiger charge is 2.11. The summed E-state index contributed by atoms with van der Waals surface area (Å²) in [6, 6.07) is 8.44. The zero-order chi connectivity index (χ0) is 13.3. The summed E-state index contributed by atoms with van der Waals surface area (Å²) in [4.78, 5) is 22.9. The van der Waals surface area contributed by atoms with Crippen LogP contribution in [0.4, 0.5) is 0 Å². The summed E-state index contributed by atoms with van der Waals surface area (Å²) in [6.45, 7) is 3.93. The first-order chi connectivity index (χ1) is 8.50. The summed E-state index contributed by atoms with van der Waals surface area (Å²) in [6.07, 6.45) is 1.57. The Morgan fingerprint density at radius 1 is 1.17 bits per heavy atom. The normalized spacial score (nSPS) is 10.3. The lowest BCUT2D eigenvalue weighted by molar-refractivity contribution is 0.0694. The minimum absolute atomic E-state index is 0.226. The third kappa shape index (κ3) is 2.05. The predicted molar refractivity (Wildman–Crippen MR) is 68.5 cm³/mol. The van der Waals surface area contributed by atoms with E-state index in [2.05, 4.69) is 0 Å². The highest BCUT2D eigenvalue weighted by Crippen LogP contribution is 2.12. The number of nitrogens with zero attached hydrogens (tertiary/aromatic N) is 1. The van der Waals surface area contributed by atoms with Crippen LogP contribution in [0.3, 0.4) is 0 Å². The number of hydrogen-bond donors (Lipinski definition) is 1. The lowest BCUT2D eigenvalue weighted by atomic mass is 10.1. The molecule has 2 rings (SSSR count). The van der Waals surface area contributed by atoms with Crippen molar-refractivity contribution < 1.29 is 9.90 Å². The Kier molecular flexibility index (Phi) is 3.02. The number of aromatic nitrogens is 1. The molecule has 92 valence electrons. The molecule has 0 bridgehead atoms. The van der Waals surface area contributed by atoms with Crippen LogP contribution in [0, 0.1) is 13.8 Å². The molecule has 2 aromatic rings. The third-order valence-electron chi connectivity index (χ3n) is 2.95. The van der Waals surface area contributed by atoms with Gasteiger partial charge >= 0.3 is 5.97 Å². The van der Waals surface area contributed by atoms with Crippen molar-refractivity contribution in [3.63, 3.8) is 0 Å². The van der Waals surface area contributed by atoms with Crippen molar-refractivity contribution in [3.05, 3.63) is 63.6 Å². The Balaban J connectivity index is 2.65. The van der Waals surface area contributed by atoms with Gasteiger partial charge in [0.2, 0.25) is 0 Å².